The molecule has 9 heteroatoms. The predicted molar refractivity (Wildman–Crippen MR) is 167 cm³/mol. The van der Waals surface area contributed by atoms with Gasteiger partial charge in [-0.2, -0.15) is 0 Å². The van der Waals surface area contributed by atoms with Crippen molar-refractivity contribution in [1.29, 1.82) is 0 Å². The van der Waals surface area contributed by atoms with E-state index in [1.54, 1.807) is 7.11 Å². The molecule has 0 bridgehead atoms. The molecular weight excluding hydrogens is 552 g/mol. The van der Waals surface area contributed by atoms with Crippen molar-refractivity contribution in [2.45, 2.75) is 6.42 Å². The SMILES string of the molecule is COCCN1CCN(c2ccc3c(c2)Cc2c(C(N)=O)cc(-c4ccc(OCCN5CCOCC5)c(Cl)c4)cc2-3)CC1. The fourth-order valence-corrected chi connectivity index (χ4v) is 6.46. The van der Waals surface area contributed by atoms with E-state index in [4.69, 9.17) is 31.5 Å². The van der Waals surface area contributed by atoms with Crippen LogP contribution in [-0.2, 0) is 15.9 Å². The first kappa shape index (κ1) is 29.0. The molecule has 0 atom stereocenters. The molecule has 0 spiro atoms. The van der Waals surface area contributed by atoms with Crippen LogP contribution < -0.4 is 15.4 Å². The molecule has 1 aliphatic carbocycles. The van der Waals surface area contributed by atoms with E-state index in [9.17, 15) is 4.79 Å². The molecule has 222 valence electrons. The van der Waals surface area contributed by atoms with Crippen LogP contribution in [0.2, 0.25) is 5.02 Å². The zero-order valence-corrected chi connectivity index (χ0v) is 25.0. The van der Waals surface area contributed by atoms with Crippen LogP contribution in [0, 0.1) is 0 Å². The molecule has 3 aromatic rings. The lowest BCUT2D eigenvalue weighted by Gasteiger charge is -2.36. The molecule has 0 unspecified atom stereocenters. The van der Waals surface area contributed by atoms with E-state index in [2.05, 4.69) is 39.0 Å². The smallest absolute Gasteiger partial charge is 0.249 e. The summed E-state index contributed by atoms with van der Waals surface area (Å²) < 4.78 is 16.6. The van der Waals surface area contributed by atoms with Crippen LogP contribution in [0.3, 0.4) is 0 Å². The number of halogens is 1. The van der Waals surface area contributed by atoms with Crippen molar-refractivity contribution in [3.63, 3.8) is 0 Å². The molecule has 2 saturated heterocycles. The van der Waals surface area contributed by atoms with Gasteiger partial charge in [0.2, 0.25) is 5.91 Å². The van der Waals surface area contributed by atoms with Crippen LogP contribution in [0.5, 0.6) is 5.75 Å². The summed E-state index contributed by atoms with van der Waals surface area (Å²) >= 11 is 6.66. The third-order valence-corrected chi connectivity index (χ3v) is 8.94. The first-order chi connectivity index (χ1) is 20.5. The third kappa shape index (κ3) is 6.28. The quantitative estimate of drug-likeness (QED) is 0.297. The van der Waals surface area contributed by atoms with E-state index in [0.29, 0.717) is 29.4 Å². The van der Waals surface area contributed by atoms with Crippen LogP contribution in [-0.4, -0.2) is 102 Å². The van der Waals surface area contributed by atoms with E-state index in [1.165, 1.54) is 11.3 Å². The Hall–Kier alpha value is -3.14. The number of nitrogens with two attached hydrogens (primary N) is 1. The molecule has 2 heterocycles. The molecule has 2 fully saturated rings. The number of hydrogen-bond donors (Lipinski definition) is 1. The minimum atomic E-state index is -0.414. The summed E-state index contributed by atoms with van der Waals surface area (Å²) in [4.78, 5) is 19.8. The van der Waals surface area contributed by atoms with Gasteiger partial charge in [0.05, 0.1) is 24.8 Å². The number of hydrogen-bond acceptors (Lipinski definition) is 7. The van der Waals surface area contributed by atoms with Gasteiger partial charge in [-0.05, 0) is 76.2 Å². The van der Waals surface area contributed by atoms with Gasteiger partial charge in [0, 0.05) is 70.7 Å². The highest BCUT2D eigenvalue weighted by Gasteiger charge is 2.26. The fraction of sp³-hybridized carbons (Fsp3) is 0.424. The Morgan fingerprint density at radius 2 is 1.64 bits per heavy atom. The van der Waals surface area contributed by atoms with Crippen molar-refractivity contribution >= 4 is 23.2 Å². The van der Waals surface area contributed by atoms with Crippen LogP contribution in [0.25, 0.3) is 22.3 Å². The highest BCUT2D eigenvalue weighted by molar-refractivity contribution is 6.32. The number of carbonyl (C=O) groups excluding carboxylic acids is 1. The predicted octanol–water partition coefficient (Wildman–Crippen LogP) is 4.16. The van der Waals surface area contributed by atoms with Crippen LogP contribution in [0.15, 0.2) is 48.5 Å². The Bertz CT molecular complexity index is 1430. The molecular formula is C33H39ClN4O4. The van der Waals surface area contributed by atoms with Crippen LogP contribution >= 0.6 is 11.6 Å². The largest absolute Gasteiger partial charge is 0.491 e. The van der Waals surface area contributed by atoms with Gasteiger partial charge < -0.3 is 24.8 Å². The molecule has 3 aliphatic rings. The minimum absolute atomic E-state index is 0.414. The number of methoxy groups -OCH3 is 1. The summed E-state index contributed by atoms with van der Waals surface area (Å²) in [7, 11) is 1.75. The van der Waals surface area contributed by atoms with E-state index in [1.807, 2.05) is 24.3 Å². The molecule has 8 nitrogen and oxygen atoms in total. The van der Waals surface area contributed by atoms with Gasteiger partial charge in [-0.3, -0.25) is 14.6 Å². The standard InChI is InChI=1S/C33H39ClN4O4/c1-40-14-10-36-6-8-38(9-7-36)26-3-4-27-25(18-26)21-29-28(27)19-24(20-30(29)33(35)39)23-2-5-32(31(34)22-23)42-17-13-37-11-15-41-16-12-37/h2-5,18-20,22H,6-17,21H2,1H3,(H2,35,39). The van der Waals surface area contributed by atoms with Gasteiger partial charge in [-0.15, -0.1) is 0 Å². The lowest BCUT2D eigenvalue weighted by Crippen LogP contribution is -2.47. The van der Waals surface area contributed by atoms with Crippen molar-refractivity contribution in [2.24, 2.45) is 5.73 Å². The number of ether oxygens (including phenoxy) is 3. The van der Waals surface area contributed by atoms with Crippen molar-refractivity contribution in [1.82, 2.24) is 9.80 Å². The van der Waals surface area contributed by atoms with E-state index in [0.717, 1.165) is 100.0 Å². The van der Waals surface area contributed by atoms with E-state index >= 15 is 0 Å². The molecule has 42 heavy (non-hydrogen) atoms. The number of piperazine rings is 1. The zero-order chi connectivity index (χ0) is 29.1. The molecule has 6 rings (SSSR count). The Labute approximate surface area is 252 Å². The number of primary amides is 1. The van der Waals surface area contributed by atoms with Gasteiger partial charge in [0.25, 0.3) is 0 Å². The van der Waals surface area contributed by atoms with Crippen molar-refractivity contribution in [2.75, 3.05) is 90.8 Å². The second-order valence-electron chi connectivity index (χ2n) is 11.2. The maximum atomic E-state index is 12.6. The summed E-state index contributed by atoms with van der Waals surface area (Å²) in [6, 6.07) is 16.5. The van der Waals surface area contributed by atoms with Gasteiger partial charge in [-0.25, -0.2) is 0 Å². The minimum Gasteiger partial charge on any atom is -0.491 e. The summed E-state index contributed by atoms with van der Waals surface area (Å²) in [6.07, 6.45) is 0.696. The fourth-order valence-electron chi connectivity index (χ4n) is 6.22. The summed E-state index contributed by atoms with van der Waals surface area (Å²) in [5.41, 5.74) is 14.0. The Balaban J connectivity index is 1.19. The molecule has 2 aliphatic heterocycles. The summed E-state index contributed by atoms with van der Waals surface area (Å²) in [5.74, 6) is 0.241. The molecule has 0 radical (unpaired) electrons. The summed E-state index contributed by atoms with van der Waals surface area (Å²) in [6.45, 7) is 10.5. The molecule has 2 N–H and O–H groups in total. The second-order valence-corrected chi connectivity index (χ2v) is 11.6. The van der Waals surface area contributed by atoms with Crippen molar-refractivity contribution < 1.29 is 19.0 Å². The normalized spacial score (nSPS) is 17.2. The lowest BCUT2D eigenvalue weighted by atomic mass is 9.94. The zero-order valence-electron chi connectivity index (χ0n) is 24.2. The average Bonchev–Trinajstić information content (AvgIpc) is 3.39. The Kier molecular flexibility index (Phi) is 8.97. The first-order valence-electron chi connectivity index (χ1n) is 14.8. The maximum Gasteiger partial charge on any atom is 0.249 e. The monoisotopic (exact) mass is 590 g/mol. The highest BCUT2D eigenvalue weighted by atomic mass is 35.5. The van der Waals surface area contributed by atoms with Crippen molar-refractivity contribution in [3.8, 4) is 28.0 Å². The maximum absolute atomic E-state index is 12.6. The second kappa shape index (κ2) is 13.0. The van der Waals surface area contributed by atoms with Crippen molar-refractivity contribution in [3.05, 3.63) is 70.2 Å². The van der Waals surface area contributed by atoms with Gasteiger partial charge in [0.1, 0.15) is 12.4 Å². The number of rotatable bonds is 10. The highest BCUT2D eigenvalue weighted by Crippen LogP contribution is 2.43. The number of nitrogens with zero attached hydrogens (tertiary/aromatic N) is 3. The lowest BCUT2D eigenvalue weighted by molar-refractivity contribution is 0.0322. The molecule has 3 aromatic carbocycles. The van der Waals surface area contributed by atoms with E-state index < -0.39 is 5.91 Å². The molecule has 1 amide bonds. The van der Waals surface area contributed by atoms with Crippen LogP contribution in [0.4, 0.5) is 5.69 Å². The number of morpholine rings is 1. The Morgan fingerprint density at radius 3 is 2.38 bits per heavy atom. The van der Waals surface area contributed by atoms with Gasteiger partial charge >= 0.3 is 0 Å². The number of amides is 1. The van der Waals surface area contributed by atoms with Gasteiger partial charge in [0.15, 0.2) is 0 Å². The number of benzene rings is 3. The first-order valence-corrected chi connectivity index (χ1v) is 15.2. The molecule has 0 aromatic heterocycles. The number of anilines is 1. The average molecular weight is 591 g/mol. The Morgan fingerprint density at radius 1 is 0.881 bits per heavy atom. The van der Waals surface area contributed by atoms with Gasteiger partial charge in [-0.1, -0.05) is 23.7 Å². The number of carbonyl (C=O) groups is 1. The van der Waals surface area contributed by atoms with Crippen LogP contribution in [0.1, 0.15) is 21.5 Å². The summed E-state index contributed by atoms with van der Waals surface area (Å²) in [5, 5.41) is 0.544. The van der Waals surface area contributed by atoms with E-state index in [-0.39, 0.29) is 0 Å². The number of fused-ring (bicyclic) bond motifs is 3. The molecule has 0 saturated carbocycles. The third-order valence-electron chi connectivity index (χ3n) is 8.64. The topological polar surface area (TPSA) is 80.5 Å².